The zero-order valence-corrected chi connectivity index (χ0v) is 21.3. The third kappa shape index (κ3) is 7.83. The van der Waals surface area contributed by atoms with E-state index in [0.29, 0.717) is 24.5 Å². The van der Waals surface area contributed by atoms with Crippen molar-refractivity contribution < 1.29 is 19.1 Å². The molecule has 4 rings (SSSR count). The highest BCUT2D eigenvalue weighted by Gasteiger charge is 2.28. The van der Waals surface area contributed by atoms with Crippen LogP contribution in [0.5, 0.6) is 11.5 Å². The number of rotatable bonds is 8. The molecule has 3 aromatic rings. The summed E-state index contributed by atoms with van der Waals surface area (Å²) in [6, 6.07) is 20.0. The maximum absolute atomic E-state index is 13.1. The second-order valence-electron chi connectivity index (χ2n) is 9.72. The summed E-state index contributed by atoms with van der Waals surface area (Å²) < 4.78 is 11.4. The molecule has 0 spiro atoms. The third-order valence-electron chi connectivity index (χ3n) is 5.48. The van der Waals surface area contributed by atoms with Crippen molar-refractivity contribution >= 4 is 23.5 Å². The zero-order valence-electron chi connectivity index (χ0n) is 21.3. The minimum Gasteiger partial charge on any atom is -0.457 e. The maximum atomic E-state index is 13.1. The Morgan fingerprint density at radius 2 is 1.70 bits per heavy atom. The van der Waals surface area contributed by atoms with Crippen LogP contribution in [0.1, 0.15) is 32.8 Å². The van der Waals surface area contributed by atoms with Gasteiger partial charge in [0.05, 0.1) is 0 Å². The first kappa shape index (κ1) is 25.8. The number of hydrogen-bond donors (Lipinski definition) is 2. The quantitative estimate of drug-likeness (QED) is 0.406. The molecular formula is C29H32N4O4. The molecule has 0 bridgehead atoms. The van der Waals surface area contributed by atoms with E-state index >= 15 is 0 Å². The molecule has 1 aromatic heterocycles. The van der Waals surface area contributed by atoms with Gasteiger partial charge in [-0.3, -0.25) is 4.79 Å². The lowest BCUT2D eigenvalue weighted by atomic mass is 10.0. The Balaban J connectivity index is 1.38. The van der Waals surface area contributed by atoms with Gasteiger partial charge in [0.15, 0.2) is 0 Å². The summed E-state index contributed by atoms with van der Waals surface area (Å²) in [6.45, 7) is 5.97. The maximum Gasteiger partial charge on any atom is 0.408 e. The highest BCUT2D eigenvalue weighted by molar-refractivity contribution is 5.87. The van der Waals surface area contributed by atoms with Crippen molar-refractivity contribution in [3.8, 4) is 11.5 Å². The normalized spacial score (nSPS) is 13.6. The largest absolute Gasteiger partial charge is 0.457 e. The SMILES string of the molecule is CC(C)(C)OC(=O)N[C@@H](Cc1ccc(Oc2ccc(Nc3ccccn3)cc2)cc1)C(=O)N1C=CCC1. The highest BCUT2D eigenvalue weighted by atomic mass is 16.6. The van der Waals surface area contributed by atoms with Crippen LogP contribution < -0.4 is 15.4 Å². The van der Waals surface area contributed by atoms with Gasteiger partial charge in [0.2, 0.25) is 5.91 Å². The molecule has 2 amide bonds. The molecule has 0 unspecified atom stereocenters. The number of anilines is 2. The van der Waals surface area contributed by atoms with Crippen LogP contribution >= 0.6 is 0 Å². The van der Waals surface area contributed by atoms with Crippen molar-refractivity contribution in [1.82, 2.24) is 15.2 Å². The number of nitrogens with zero attached hydrogens (tertiary/aromatic N) is 2. The molecule has 0 saturated heterocycles. The van der Waals surface area contributed by atoms with Crippen molar-refractivity contribution in [2.75, 3.05) is 11.9 Å². The lowest BCUT2D eigenvalue weighted by Gasteiger charge is -2.25. The second kappa shape index (κ2) is 11.6. The van der Waals surface area contributed by atoms with Crippen LogP contribution in [0.15, 0.2) is 85.2 Å². The van der Waals surface area contributed by atoms with Gasteiger partial charge < -0.3 is 25.0 Å². The Morgan fingerprint density at radius 1 is 1.00 bits per heavy atom. The van der Waals surface area contributed by atoms with E-state index in [2.05, 4.69) is 15.6 Å². The Labute approximate surface area is 217 Å². The lowest BCUT2D eigenvalue weighted by molar-refractivity contribution is -0.130. The van der Waals surface area contributed by atoms with Gasteiger partial charge in [0, 0.05) is 31.0 Å². The lowest BCUT2D eigenvalue weighted by Crippen LogP contribution is -2.49. The van der Waals surface area contributed by atoms with E-state index in [0.717, 1.165) is 23.5 Å². The van der Waals surface area contributed by atoms with Crippen LogP contribution in [0.2, 0.25) is 0 Å². The fourth-order valence-electron chi connectivity index (χ4n) is 3.78. The number of alkyl carbamates (subject to hydrolysis) is 1. The van der Waals surface area contributed by atoms with Crippen LogP contribution in [0.4, 0.5) is 16.3 Å². The Hall–Kier alpha value is -4.33. The average Bonchev–Trinajstić information content (AvgIpc) is 3.40. The molecule has 2 aromatic carbocycles. The van der Waals surface area contributed by atoms with E-state index in [4.69, 9.17) is 9.47 Å². The molecule has 0 aliphatic carbocycles. The first-order valence-electron chi connectivity index (χ1n) is 12.3. The molecule has 192 valence electrons. The smallest absolute Gasteiger partial charge is 0.408 e. The number of nitrogens with one attached hydrogen (secondary N) is 2. The molecule has 37 heavy (non-hydrogen) atoms. The summed E-state index contributed by atoms with van der Waals surface area (Å²) in [4.78, 5) is 31.4. The molecule has 1 atom stereocenters. The topological polar surface area (TPSA) is 92.8 Å². The average molecular weight is 501 g/mol. The molecule has 2 N–H and O–H groups in total. The number of aromatic nitrogens is 1. The van der Waals surface area contributed by atoms with Gasteiger partial charge >= 0.3 is 6.09 Å². The molecular weight excluding hydrogens is 468 g/mol. The Bertz CT molecular complexity index is 1220. The van der Waals surface area contributed by atoms with Crippen LogP contribution in [0.25, 0.3) is 0 Å². The summed E-state index contributed by atoms with van der Waals surface area (Å²) in [5.41, 5.74) is 1.14. The van der Waals surface area contributed by atoms with E-state index in [1.54, 1.807) is 38.1 Å². The molecule has 8 nitrogen and oxygen atoms in total. The number of pyridine rings is 1. The van der Waals surface area contributed by atoms with Gasteiger partial charge in [-0.25, -0.2) is 9.78 Å². The molecule has 0 saturated carbocycles. The number of carbonyl (C=O) groups is 2. The highest BCUT2D eigenvalue weighted by Crippen LogP contribution is 2.25. The minimum atomic E-state index is -0.747. The molecule has 1 aliphatic heterocycles. The number of benzene rings is 2. The van der Waals surface area contributed by atoms with Crippen molar-refractivity contribution in [2.45, 2.75) is 45.3 Å². The standard InChI is InChI=1S/C29H32N4O4/c1-29(2,3)37-28(35)32-25(27(34)33-18-6-7-19-33)20-21-9-13-23(14-10-21)36-24-15-11-22(12-16-24)31-26-8-4-5-17-30-26/h4-6,8-18,25H,7,19-20H2,1-3H3,(H,30,31)(H,32,35)/t25-/m0/s1. The third-order valence-corrected chi connectivity index (χ3v) is 5.48. The van der Waals surface area contributed by atoms with Crippen molar-refractivity contribution in [3.63, 3.8) is 0 Å². The summed E-state index contributed by atoms with van der Waals surface area (Å²) in [6.07, 6.45) is 5.96. The van der Waals surface area contributed by atoms with Crippen LogP contribution in [0, 0.1) is 0 Å². The second-order valence-corrected chi connectivity index (χ2v) is 9.72. The monoisotopic (exact) mass is 500 g/mol. The summed E-state index contributed by atoms with van der Waals surface area (Å²) in [5.74, 6) is 1.96. The minimum absolute atomic E-state index is 0.167. The predicted molar refractivity (Wildman–Crippen MR) is 143 cm³/mol. The van der Waals surface area contributed by atoms with Crippen LogP contribution in [-0.4, -0.2) is 40.1 Å². The van der Waals surface area contributed by atoms with Crippen molar-refractivity contribution in [3.05, 3.63) is 90.8 Å². The predicted octanol–water partition coefficient (Wildman–Crippen LogP) is 5.80. The fourth-order valence-corrected chi connectivity index (χ4v) is 3.78. The summed E-state index contributed by atoms with van der Waals surface area (Å²) in [7, 11) is 0. The van der Waals surface area contributed by atoms with E-state index in [1.165, 1.54) is 0 Å². The van der Waals surface area contributed by atoms with Crippen LogP contribution in [0.3, 0.4) is 0 Å². The van der Waals surface area contributed by atoms with Gasteiger partial charge in [-0.15, -0.1) is 0 Å². The van der Waals surface area contributed by atoms with E-state index < -0.39 is 17.7 Å². The number of amides is 2. The molecule has 1 aliphatic rings. The van der Waals surface area contributed by atoms with Gasteiger partial charge in [-0.2, -0.15) is 0 Å². The van der Waals surface area contributed by atoms with Crippen molar-refractivity contribution in [1.29, 1.82) is 0 Å². The van der Waals surface area contributed by atoms with E-state index in [9.17, 15) is 9.59 Å². The first-order chi connectivity index (χ1) is 17.7. The number of hydrogen-bond acceptors (Lipinski definition) is 6. The number of carbonyl (C=O) groups excluding carboxylic acids is 2. The Kier molecular flexibility index (Phi) is 8.08. The van der Waals surface area contributed by atoms with Gasteiger partial charge in [0.1, 0.15) is 29.0 Å². The van der Waals surface area contributed by atoms with E-state index in [-0.39, 0.29) is 5.91 Å². The fraction of sp³-hybridized carbons (Fsp3) is 0.276. The molecule has 0 radical (unpaired) electrons. The molecule has 8 heteroatoms. The Morgan fingerprint density at radius 3 is 2.30 bits per heavy atom. The molecule has 2 heterocycles. The van der Waals surface area contributed by atoms with E-state index in [1.807, 2.05) is 72.8 Å². The van der Waals surface area contributed by atoms with Crippen molar-refractivity contribution in [2.24, 2.45) is 0 Å². The molecule has 0 fully saturated rings. The number of ether oxygens (including phenoxy) is 2. The zero-order chi connectivity index (χ0) is 26.3. The summed E-state index contributed by atoms with van der Waals surface area (Å²) in [5, 5.41) is 5.98. The first-order valence-corrected chi connectivity index (χ1v) is 12.3. The van der Waals surface area contributed by atoms with Gasteiger partial charge in [0.25, 0.3) is 0 Å². The van der Waals surface area contributed by atoms with Gasteiger partial charge in [-0.1, -0.05) is 24.3 Å². The van der Waals surface area contributed by atoms with Crippen LogP contribution in [-0.2, 0) is 16.0 Å². The van der Waals surface area contributed by atoms with Gasteiger partial charge in [-0.05, 0) is 81.3 Å². The summed E-state index contributed by atoms with van der Waals surface area (Å²) >= 11 is 0.